The van der Waals surface area contributed by atoms with Crippen LogP contribution in [0.25, 0.3) is 0 Å². The van der Waals surface area contributed by atoms with E-state index in [4.69, 9.17) is 5.73 Å². The van der Waals surface area contributed by atoms with Crippen molar-refractivity contribution in [2.45, 2.75) is 13.5 Å². The number of nitrogens with two attached hydrogens (primary N) is 1. The summed E-state index contributed by atoms with van der Waals surface area (Å²) in [4.78, 5) is 7.61. The molecule has 2 rings (SSSR count). The van der Waals surface area contributed by atoms with Crippen LogP contribution in [0, 0.1) is 12.7 Å². The Bertz CT molecular complexity index is 528. The molecule has 0 amide bonds. The van der Waals surface area contributed by atoms with Crippen molar-refractivity contribution in [3.63, 3.8) is 0 Å². The SMILES string of the molecule is Cc1ncnc(NCc2cccc(N)c2)c1F. The lowest BCUT2D eigenvalue weighted by molar-refractivity contribution is 0.604. The fraction of sp³-hybridized carbons (Fsp3) is 0.167. The molecule has 1 aromatic heterocycles. The van der Waals surface area contributed by atoms with Gasteiger partial charge in [-0.15, -0.1) is 0 Å². The summed E-state index contributed by atoms with van der Waals surface area (Å²) in [5.74, 6) is -0.212. The molecule has 5 heteroatoms. The molecular weight excluding hydrogens is 219 g/mol. The van der Waals surface area contributed by atoms with Crippen molar-refractivity contribution in [1.82, 2.24) is 9.97 Å². The number of halogens is 1. The summed E-state index contributed by atoms with van der Waals surface area (Å²) >= 11 is 0. The number of aromatic nitrogens is 2. The van der Waals surface area contributed by atoms with E-state index in [1.54, 1.807) is 13.0 Å². The zero-order valence-corrected chi connectivity index (χ0v) is 9.44. The fourth-order valence-corrected chi connectivity index (χ4v) is 1.47. The number of aryl methyl sites for hydroxylation is 1. The van der Waals surface area contributed by atoms with E-state index in [0.717, 1.165) is 5.56 Å². The Hall–Kier alpha value is -2.17. The first-order valence-corrected chi connectivity index (χ1v) is 5.22. The van der Waals surface area contributed by atoms with Crippen molar-refractivity contribution in [2.24, 2.45) is 0 Å². The quantitative estimate of drug-likeness (QED) is 0.795. The average molecular weight is 232 g/mol. The minimum atomic E-state index is -0.420. The summed E-state index contributed by atoms with van der Waals surface area (Å²) < 4.78 is 13.6. The van der Waals surface area contributed by atoms with E-state index in [1.165, 1.54) is 6.33 Å². The van der Waals surface area contributed by atoms with E-state index in [0.29, 0.717) is 17.9 Å². The maximum absolute atomic E-state index is 13.6. The molecule has 0 aliphatic rings. The molecule has 2 aromatic rings. The number of hydrogen-bond donors (Lipinski definition) is 2. The van der Waals surface area contributed by atoms with Crippen molar-refractivity contribution in [3.05, 3.63) is 47.7 Å². The van der Waals surface area contributed by atoms with Crippen LogP contribution in [0.1, 0.15) is 11.3 Å². The van der Waals surface area contributed by atoms with E-state index >= 15 is 0 Å². The largest absolute Gasteiger partial charge is 0.399 e. The van der Waals surface area contributed by atoms with Gasteiger partial charge in [-0.25, -0.2) is 14.4 Å². The molecule has 0 saturated heterocycles. The van der Waals surface area contributed by atoms with Crippen LogP contribution >= 0.6 is 0 Å². The molecular formula is C12H13FN4. The van der Waals surface area contributed by atoms with Crippen LogP contribution in [0.2, 0.25) is 0 Å². The van der Waals surface area contributed by atoms with Crippen molar-refractivity contribution in [1.29, 1.82) is 0 Å². The van der Waals surface area contributed by atoms with Gasteiger partial charge in [0.1, 0.15) is 6.33 Å². The average Bonchev–Trinajstić information content (AvgIpc) is 2.31. The van der Waals surface area contributed by atoms with Crippen LogP contribution in [0.3, 0.4) is 0 Å². The Morgan fingerprint density at radius 2 is 2.18 bits per heavy atom. The van der Waals surface area contributed by atoms with Crippen LogP contribution < -0.4 is 11.1 Å². The molecule has 0 aliphatic carbocycles. The highest BCUT2D eigenvalue weighted by Gasteiger charge is 2.06. The summed E-state index contributed by atoms with van der Waals surface area (Å²) in [5.41, 5.74) is 7.64. The van der Waals surface area contributed by atoms with Crippen LogP contribution in [0.15, 0.2) is 30.6 Å². The van der Waals surface area contributed by atoms with E-state index in [2.05, 4.69) is 15.3 Å². The van der Waals surface area contributed by atoms with Gasteiger partial charge in [-0.1, -0.05) is 12.1 Å². The molecule has 0 spiro atoms. The molecule has 1 heterocycles. The van der Waals surface area contributed by atoms with Crippen LogP contribution in [0.5, 0.6) is 0 Å². The van der Waals surface area contributed by atoms with Crippen molar-refractivity contribution in [2.75, 3.05) is 11.1 Å². The minimum Gasteiger partial charge on any atom is -0.399 e. The standard InChI is InChI=1S/C12H13FN4/c1-8-11(13)12(17-7-16-8)15-6-9-3-2-4-10(14)5-9/h2-5,7H,6,14H2,1H3,(H,15,16,17). The van der Waals surface area contributed by atoms with Crippen LogP contribution in [0.4, 0.5) is 15.9 Å². The van der Waals surface area contributed by atoms with E-state index in [-0.39, 0.29) is 5.82 Å². The second kappa shape index (κ2) is 4.78. The number of nitrogens with one attached hydrogen (secondary N) is 1. The van der Waals surface area contributed by atoms with Gasteiger partial charge in [0.15, 0.2) is 11.6 Å². The van der Waals surface area contributed by atoms with E-state index < -0.39 is 5.82 Å². The number of anilines is 2. The molecule has 0 bridgehead atoms. The van der Waals surface area contributed by atoms with Gasteiger partial charge in [0, 0.05) is 12.2 Å². The van der Waals surface area contributed by atoms with Crippen molar-refractivity contribution < 1.29 is 4.39 Å². The molecule has 0 radical (unpaired) electrons. The topological polar surface area (TPSA) is 63.8 Å². The number of rotatable bonds is 3. The molecule has 0 unspecified atom stereocenters. The minimum absolute atomic E-state index is 0.208. The molecule has 88 valence electrons. The van der Waals surface area contributed by atoms with Gasteiger partial charge in [0.25, 0.3) is 0 Å². The number of nitrogens with zero attached hydrogens (tertiary/aromatic N) is 2. The zero-order valence-electron chi connectivity index (χ0n) is 9.44. The monoisotopic (exact) mass is 232 g/mol. The highest BCUT2D eigenvalue weighted by atomic mass is 19.1. The van der Waals surface area contributed by atoms with Crippen molar-refractivity contribution >= 4 is 11.5 Å². The summed E-state index contributed by atoms with van der Waals surface area (Å²) in [6, 6.07) is 7.40. The van der Waals surface area contributed by atoms with Gasteiger partial charge in [0.2, 0.25) is 0 Å². The van der Waals surface area contributed by atoms with E-state index in [1.807, 2.05) is 18.2 Å². The predicted octanol–water partition coefficient (Wildman–Crippen LogP) is 2.12. The summed E-state index contributed by atoms with van der Waals surface area (Å²) in [5, 5.41) is 2.92. The molecule has 0 atom stereocenters. The van der Waals surface area contributed by atoms with Crippen LogP contribution in [-0.4, -0.2) is 9.97 Å². The molecule has 17 heavy (non-hydrogen) atoms. The zero-order chi connectivity index (χ0) is 12.3. The lowest BCUT2D eigenvalue weighted by atomic mass is 10.2. The lowest BCUT2D eigenvalue weighted by Gasteiger charge is -2.07. The third kappa shape index (κ3) is 2.69. The highest BCUT2D eigenvalue weighted by Crippen LogP contribution is 2.14. The summed E-state index contributed by atoms with van der Waals surface area (Å²) in [6.45, 7) is 2.07. The maximum atomic E-state index is 13.6. The summed E-state index contributed by atoms with van der Waals surface area (Å²) in [7, 11) is 0. The number of hydrogen-bond acceptors (Lipinski definition) is 4. The fourth-order valence-electron chi connectivity index (χ4n) is 1.47. The maximum Gasteiger partial charge on any atom is 0.186 e. The smallest absolute Gasteiger partial charge is 0.186 e. The molecule has 0 fully saturated rings. The highest BCUT2D eigenvalue weighted by molar-refractivity contribution is 5.43. The normalized spacial score (nSPS) is 10.2. The molecule has 3 N–H and O–H groups in total. The van der Waals surface area contributed by atoms with Gasteiger partial charge in [0.05, 0.1) is 5.69 Å². The number of benzene rings is 1. The first kappa shape index (κ1) is 11.3. The van der Waals surface area contributed by atoms with Gasteiger partial charge in [-0.2, -0.15) is 0 Å². The summed E-state index contributed by atoms with van der Waals surface area (Å²) in [6.07, 6.45) is 1.33. The Morgan fingerprint density at radius 3 is 2.94 bits per heavy atom. The molecule has 0 aliphatic heterocycles. The Kier molecular flexibility index (Phi) is 3.18. The number of nitrogen functional groups attached to an aromatic ring is 1. The van der Waals surface area contributed by atoms with E-state index in [9.17, 15) is 4.39 Å². The Balaban J connectivity index is 2.10. The molecule has 1 aromatic carbocycles. The molecule has 4 nitrogen and oxygen atoms in total. The van der Waals surface area contributed by atoms with Crippen LogP contribution in [-0.2, 0) is 6.54 Å². The molecule has 0 saturated carbocycles. The van der Waals surface area contributed by atoms with Crippen molar-refractivity contribution in [3.8, 4) is 0 Å². The van der Waals surface area contributed by atoms with Gasteiger partial charge < -0.3 is 11.1 Å². The second-order valence-corrected chi connectivity index (χ2v) is 3.72. The third-order valence-electron chi connectivity index (χ3n) is 2.37. The lowest BCUT2D eigenvalue weighted by Crippen LogP contribution is -2.05. The Morgan fingerprint density at radius 1 is 1.35 bits per heavy atom. The van der Waals surface area contributed by atoms with Gasteiger partial charge in [-0.05, 0) is 24.6 Å². The second-order valence-electron chi connectivity index (χ2n) is 3.72. The third-order valence-corrected chi connectivity index (χ3v) is 2.37. The first-order valence-electron chi connectivity index (χ1n) is 5.22. The van der Waals surface area contributed by atoms with Gasteiger partial charge >= 0.3 is 0 Å². The predicted molar refractivity (Wildman–Crippen MR) is 64.9 cm³/mol. The Labute approximate surface area is 98.7 Å². The van der Waals surface area contributed by atoms with Gasteiger partial charge in [-0.3, -0.25) is 0 Å². The first-order chi connectivity index (χ1) is 8.16.